The molecule has 0 bridgehead atoms. The molecule has 2 atom stereocenters. The molecule has 0 radical (unpaired) electrons. The highest BCUT2D eigenvalue weighted by Crippen LogP contribution is 2.25. The summed E-state index contributed by atoms with van der Waals surface area (Å²) in [6.07, 6.45) is 1.32. The van der Waals surface area contributed by atoms with Gasteiger partial charge in [-0.15, -0.1) is 0 Å². The normalized spacial score (nSPS) is 19.2. The highest BCUT2D eigenvalue weighted by molar-refractivity contribution is 4.93. The fraction of sp³-hybridized carbons (Fsp3) is 0.800. The van der Waals surface area contributed by atoms with Gasteiger partial charge < -0.3 is 14.7 Å². The molecule has 0 saturated carbocycles. The van der Waals surface area contributed by atoms with Crippen molar-refractivity contribution in [2.24, 2.45) is 0 Å². The number of aliphatic hydroxyl groups excluding tert-OH is 1. The average Bonchev–Trinajstić information content (AvgIpc) is 1.98. The predicted octanol–water partition coefficient (Wildman–Crippen LogP) is 0.0962. The number of hydrogen-bond donors (Lipinski definition) is 1. The third kappa shape index (κ3) is 3.46. The van der Waals surface area contributed by atoms with Gasteiger partial charge >= 0.3 is 0 Å². The summed E-state index contributed by atoms with van der Waals surface area (Å²) in [6.45, 7) is 5.82. The fourth-order valence-corrected chi connectivity index (χ4v) is 1.13. The molecule has 0 aromatic rings. The molecular formula is C10H21NO2. The maximum absolute atomic E-state index is 10.5. The quantitative estimate of drug-likeness (QED) is 0.377. The molecule has 3 heteroatoms. The van der Waals surface area contributed by atoms with Crippen molar-refractivity contribution in [1.29, 1.82) is 0 Å². The Morgan fingerprint density at radius 1 is 1.54 bits per heavy atom. The SMILES string of the molecule is C=CC(C)(CCC([O-])O)[N+](C)(C)C. The molecule has 0 aliphatic carbocycles. The molecule has 0 aromatic carbocycles. The van der Waals surface area contributed by atoms with Gasteiger partial charge in [0.15, 0.2) is 0 Å². The number of quaternary nitrogens is 1. The summed E-state index contributed by atoms with van der Waals surface area (Å²) in [5.74, 6) is 0. The first-order valence-corrected chi connectivity index (χ1v) is 4.52. The number of nitrogens with zero attached hydrogens (tertiary/aromatic N) is 1. The Bertz CT molecular complexity index is 172. The van der Waals surface area contributed by atoms with E-state index >= 15 is 0 Å². The molecule has 0 saturated heterocycles. The van der Waals surface area contributed by atoms with Crippen LogP contribution in [0.15, 0.2) is 12.7 Å². The first-order valence-electron chi connectivity index (χ1n) is 4.52. The van der Waals surface area contributed by atoms with Crippen molar-refractivity contribution in [3.63, 3.8) is 0 Å². The topological polar surface area (TPSA) is 43.3 Å². The van der Waals surface area contributed by atoms with Gasteiger partial charge in [-0.1, -0.05) is 6.58 Å². The Balaban J connectivity index is 4.38. The molecule has 0 amide bonds. The summed E-state index contributed by atoms with van der Waals surface area (Å²) in [5, 5.41) is 19.2. The van der Waals surface area contributed by atoms with E-state index in [4.69, 9.17) is 5.11 Å². The largest absolute Gasteiger partial charge is 0.831 e. The number of rotatable bonds is 5. The van der Waals surface area contributed by atoms with Gasteiger partial charge in [-0.2, -0.15) is 0 Å². The van der Waals surface area contributed by atoms with Gasteiger partial charge in [0.1, 0.15) is 5.54 Å². The van der Waals surface area contributed by atoms with Crippen molar-refractivity contribution >= 4 is 0 Å². The van der Waals surface area contributed by atoms with Gasteiger partial charge in [0.05, 0.1) is 21.1 Å². The zero-order valence-electron chi connectivity index (χ0n) is 9.08. The van der Waals surface area contributed by atoms with Crippen LogP contribution < -0.4 is 5.11 Å². The number of likely N-dealkylation sites (N-methyl/N-ethyl adjacent to an activating group) is 1. The van der Waals surface area contributed by atoms with Crippen LogP contribution in [0.2, 0.25) is 0 Å². The molecule has 0 fully saturated rings. The Kier molecular flexibility index (Phi) is 4.10. The van der Waals surface area contributed by atoms with Crippen molar-refractivity contribution in [3.05, 3.63) is 12.7 Å². The maximum Gasteiger partial charge on any atom is 0.114 e. The fourth-order valence-electron chi connectivity index (χ4n) is 1.13. The number of aliphatic hydroxyl groups is 1. The lowest BCUT2D eigenvalue weighted by molar-refractivity contribution is -0.914. The molecular weight excluding hydrogens is 166 g/mol. The summed E-state index contributed by atoms with van der Waals surface area (Å²) >= 11 is 0. The molecule has 0 rings (SSSR count). The maximum atomic E-state index is 10.5. The highest BCUT2D eigenvalue weighted by atomic mass is 16.5. The minimum absolute atomic E-state index is 0.147. The van der Waals surface area contributed by atoms with Crippen LogP contribution in [0.5, 0.6) is 0 Å². The van der Waals surface area contributed by atoms with E-state index in [0.29, 0.717) is 10.9 Å². The predicted molar refractivity (Wildman–Crippen MR) is 51.9 cm³/mol. The van der Waals surface area contributed by atoms with Gasteiger partial charge in [0.2, 0.25) is 0 Å². The van der Waals surface area contributed by atoms with Crippen LogP contribution in [0.3, 0.4) is 0 Å². The minimum atomic E-state index is -1.47. The van der Waals surface area contributed by atoms with Crippen molar-refractivity contribution in [2.75, 3.05) is 21.1 Å². The first-order chi connectivity index (χ1) is 5.73. The van der Waals surface area contributed by atoms with E-state index in [2.05, 4.69) is 27.7 Å². The van der Waals surface area contributed by atoms with Crippen LogP contribution in [-0.2, 0) is 0 Å². The Hall–Kier alpha value is -0.380. The van der Waals surface area contributed by atoms with Gasteiger partial charge in [-0.05, 0) is 25.7 Å². The van der Waals surface area contributed by atoms with E-state index in [-0.39, 0.29) is 12.0 Å². The zero-order chi connectivity index (χ0) is 10.7. The third-order valence-corrected chi connectivity index (χ3v) is 2.87. The van der Waals surface area contributed by atoms with Crippen molar-refractivity contribution in [1.82, 2.24) is 0 Å². The molecule has 0 aromatic heterocycles. The van der Waals surface area contributed by atoms with E-state index in [0.717, 1.165) is 0 Å². The lowest BCUT2D eigenvalue weighted by atomic mass is 9.92. The standard InChI is InChI=1S/C10H21NO2/c1-6-10(2,11(3,4)5)8-7-9(12)13/h6,9,12H,1,7-8H2,2-5H3. The van der Waals surface area contributed by atoms with E-state index in [9.17, 15) is 5.11 Å². The van der Waals surface area contributed by atoms with Gasteiger partial charge in [-0.3, -0.25) is 0 Å². The molecule has 3 nitrogen and oxygen atoms in total. The monoisotopic (exact) mass is 187 g/mol. The van der Waals surface area contributed by atoms with Crippen molar-refractivity contribution in [3.8, 4) is 0 Å². The van der Waals surface area contributed by atoms with Crippen molar-refractivity contribution in [2.45, 2.75) is 31.6 Å². The summed E-state index contributed by atoms with van der Waals surface area (Å²) in [6, 6.07) is 0. The Morgan fingerprint density at radius 2 is 2.00 bits per heavy atom. The van der Waals surface area contributed by atoms with Gasteiger partial charge in [0, 0.05) is 6.42 Å². The van der Waals surface area contributed by atoms with Crippen molar-refractivity contribution < 1.29 is 14.7 Å². The first kappa shape index (κ1) is 12.6. The van der Waals surface area contributed by atoms with Crippen LogP contribution in [0.1, 0.15) is 19.8 Å². The molecule has 0 aliphatic rings. The van der Waals surface area contributed by atoms with E-state index in [1.807, 2.05) is 13.0 Å². The molecule has 13 heavy (non-hydrogen) atoms. The van der Waals surface area contributed by atoms with E-state index in [1.165, 1.54) is 0 Å². The second kappa shape index (κ2) is 4.22. The summed E-state index contributed by atoms with van der Waals surface area (Å²) in [7, 11) is 6.16. The molecule has 1 N–H and O–H groups in total. The second-order valence-corrected chi connectivity index (χ2v) is 4.57. The lowest BCUT2D eigenvalue weighted by Gasteiger charge is -2.42. The van der Waals surface area contributed by atoms with Crippen LogP contribution >= 0.6 is 0 Å². The van der Waals surface area contributed by atoms with Crippen LogP contribution in [-0.4, -0.2) is 42.6 Å². The summed E-state index contributed by atoms with van der Waals surface area (Å²) in [4.78, 5) is 0. The molecule has 78 valence electrons. The van der Waals surface area contributed by atoms with Gasteiger partial charge in [0.25, 0.3) is 0 Å². The smallest absolute Gasteiger partial charge is 0.114 e. The van der Waals surface area contributed by atoms with Crippen LogP contribution in [0, 0.1) is 0 Å². The summed E-state index contributed by atoms with van der Waals surface area (Å²) in [5.41, 5.74) is -0.147. The second-order valence-electron chi connectivity index (χ2n) is 4.57. The Labute approximate surface area is 80.9 Å². The molecule has 2 unspecified atom stereocenters. The highest BCUT2D eigenvalue weighted by Gasteiger charge is 2.34. The molecule has 0 heterocycles. The van der Waals surface area contributed by atoms with Crippen LogP contribution in [0.25, 0.3) is 0 Å². The molecule has 0 spiro atoms. The van der Waals surface area contributed by atoms with E-state index < -0.39 is 6.29 Å². The lowest BCUT2D eigenvalue weighted by Crippen LogP contribution is -2.54. The zero-order valence-corrected chi connectivity index (χ0v) is 9.08. The van der Waals surface area contributed by atoms with Crippen LogP contribution in [0.4, 0.5) is 0 Å². The third-order valence-electron chi connectivity index (χ3n) is 2.87. The molecule has 0 aliphatic heterocycles. The number of hydrogen-bond acceptors (Lipinski definition) is 2. The average molecular weight is 187 g/mol. The van der Waals surface area contributed by atoms with Gasteiger partial charge in [-0.25, -0.2) is 0 Å². The summed E-state index contributed by atoms with van der Waals surface area (Å²) < 4.78 is 0.712. The minimum Gasteiger partial charge on any atom is -0.831 e. The Morgan fingerprint density at radius 3 is 2.23 bits per heavy atom. The van der Waals surface area contributed by atoms with E-state index in [1.54, 1.807) is 0 Å².